The predicted octanol–water partition coefficient (Wildman–Crippen LogP) is 4.44. The van der Waals surface area contributed by atoms with Gasteiger partial charge in [0.05, 0.1) is 29.8 Å². The number of carboxylic acid groups (broad SMARTS) is 1. The molecule has 0 saturated carbocycles. The molecule has 3 aromatic rings. The lowest BCUT2D eigenvalue weighted by molar-refractivity contribution is -0.143. The SMILES string of the molecule is C#Cc1ccc(NC(=O)c2cc(OC)ccc2NC(=O)c2ccc(C(=N)N3CCC(C(=O)O)CC3)cc2F)cc1. The first-order chi connectivity index (χ1) is 19.2. The molecule has 1 aliphatic rings. The molecule has 0 aliphatic carbocycles. The molecule has 0 unspecified atom stereocenters. The zero-order valence-corrected chi connectivity index (χ0v) is 21.7. The first kappa shape index (κ1) is 27.9. The van der Waals surface area contributed by atoms with Crippen LogP contribution < -0.4 is 15.4 Å². The number of anilines is 2. The summed E-state index contributed by atoms with van der Waals surface area (Å²) in [6.45, 7) is 0.742. The molecule has 0 spiro atoms. The van der Waals surface area contributed by atoms with Gasteiger partial charge in [0, 0.05) is 29.9 Å². The summed E-state index contributed by atoms with van der Waals surface area (Å²) in [4.78, 5) is 39.0. The number of aliphatic carboxylic acids is 1. The Morgan fingerprint density at radius 2 is 1.68 bits per heavy atom. The van der Waals surface area contributed by atoms with Crippen molar-refractivity contribution in [2.75, 3.05) is 30.8 Å². The van der Waals surface area contributed by atoms with E-state index in [2.05, 4.69) is 16.6 Å². The normalized spacial score (nSPS) is 13.2. The Morgan fingerprint density at radius 1 is 1.00 bits per heavy atom. The molecule has 0 radical (unpaired) electrons. The average Bonchev–Trinajstić information content (AvgIpc) is 2.97. The number of carbonyl (C=O) groups is 3. The van der Waals surface area contributed by atoms with Gasteiger partial charge >= 0.3 is 5.97 Å². The number of hydrogen-bond donors (Lipinski definition) is 4. The average molecular weight is 543 g/mol. The quantitative estimate of drug-likeness (QED) is 0.198. The third-order valence-corrected chi connectivity index (χ3v) is 6.68. The number of benzene rings is 3. The van der Waals surface area contributed by atoms with Gasteiger partial charge in [-0.2, -0.15) is 0 Å². The smallest absolute Gasteiger partial charge is 0.306 e. The zero-order chi connectivity index (χ0) is 28.8. The van der Waals surface area contributed by atoms with E-state index in [1.807, 2.05) is 0 Å². The number of terminal acetylenes is 1. The molecular formula is C30H27FN4O5. The highest BCUT2D eigenvalue weighted by atomic mass is 19.1. The van der Waals surface area contributed by atoms with E-state index in [4.69, 9.17) is 21.7 Å². The van der Waals surface area contributed by atoms with E-state index in [0.29, 0.717) is 42.9 Å². The first-order valence-corrected chi connectivity index (χ1v) is 12.4. The summed E-state index contributed by atoms with van der Waals surface area (Å²) in [5.41, 5.74) is 1.37. The summed E-state index contributed by atoms with van der Waals surface area (Å²) < 4.78 is 20.3. The summed E-state index contributed by atoms with van der Waals surface area (Å²) >= 11 is 0. The Labute approximate surface area is 230 Å². The molecule has 0 bridgehead atoms. The van der Waals surface area contributed by atoms with E-state index < -0.39 is 29.5 Å². The number of likely N-dealkylation sites (tertiary alicyclic amines) is 1. The first-order valence-electron chi connectivity index (χ1n) is 12.4. The van der Waals surface area contributed by atoms with Crippen molar-refractivity contribution in [3.63, 3.8) is 0 Å². The number of nitrogens with one attached hydrogen (secondary N) is 3. The van der Waals surface area contributed by atoms with Crippen LogP contribution in [0.4, 0.5) is 15.8 Å². The lowest BCUT2D eigenvalue weighted by Gasteiger charge is -2.32. The molecule has 10 heteroatoms. The number of amidine groups is 1. The van der Waals surface area contributed by atoms with Crippen molar-refractivity contribution in [3.05, 3.63) is 88.7 Å². The van der Waals surface area contributed by atoms with Crippen molar-refractivity contribution >= 4 is 35.0 Å². The van der Waals surface area contributed by atoms with Gasteiger partial charge in [0.2, 0.25) is 0 Å². The van der Waals surface area contributed by atoms with Gasteiger partial charge < -0.3 is 25.4 Å². The minimum absolute atomic E-state index is 0.0547. The minimum Gasteiger partial charge on any atom is -0.497 e. The van der Waals surface area contributed by atoms with Crippen LogP contribution in [-0.4, -0.2) is 53.8 Å². The van der Waals surface area contributed by atoms with Crippen molar-refractivity contribution in [1.29, 1.82) is 5.41 Å². The summed E-state index contributed by atoms with van der Waals surface area (Å²) in [5, 5.41) is 22.9. The molecule has 1 heterocycles. The molecule has 4 N–H and O–H groups in total. The lowest BCUT2D eigenvalue weighted by Crippen LogP contribution is -2.40. The number of hydrogen-bond acceptors (Lipinski definition) is 5. The minimum atomic E-state index is -0.858. The summed E-state index contributed by atoms with van der Waals surface area (Å²) in [6, 6.07) is 15.0. The Balaban J connectivity index is 1.50. The third-order valence-electron chi connectivity index (χ3n) is 6.68. The Bertz CT molecular complexity index is 1510. The molecule has 1 fully saturated rings. The van der Waals surface area contributed by atoms with E-state index in [-0.39, 0.29) is 28.2 Å². The van der Waals surface area contributed by atoms with Crippen LogP contribution in [-0.2, 0) is 4.79 Å². The molecule has 2 amide bonds. The second-order valence-electron chi connectivity index (χ2n) is 9.18. The molecule has 1 aliphatic heterocycles. The van der Waals surface area contributed by atoms with Crippen LogP contribution in [0.5, 0.6) is 5.75 Å². The van der Waals surface area contributed by atoms with Gasteiger partial charge in [-0.1, -0.05) is 12.0 Å². The van der Waals surface area contributed by atoms with Crippen LogP contribution in [0.1, 0.15) is 44.7 Å². The van der Waals surface area contributed by atoms with E-state index >= 15 is 4.39 Å². The van der Waals surface area contributed by atoms with Crippen LogP contribution in [0.15, 0.2) is 60.7 Å². The van der Waals surface area contributed by atoms with E-state index in [0.717, 1.165) is 6.07 Å². The fourth-order valence-electron chi connectivity index (χ4n) is 4.36. The van der Waals surface area contributed by atoms with Gasteiger partial charge in [0.15, 0.2) is 0 Å². The molecule has 4 rings (SSSR count). The van der Waals surface area contributed by atoms with Crippen LogP contribution in [0.3, 0.4) is 0 Å². The maximum absolute atomic E-state index is 15.1. The number of halogens is 1. The van der Waals surface area contributed by atoms with Crippen molar-refractivity contribution in [1.82, 2.24) is 4.90 Å². The number of amides is 2. The summed E-state index contributed by atoms with van der Waals surface area (Å²) in [5.74, 6) is -0.529. The van der Waals surface area contributed by atoms with Crippen LogP contribution in [0.2, 0.25) is 0 Å². The number of rotatable bonds is 7. The van der Waals surface area contributed by atoms with Crippen molar-refractivity contribution < 1.29 is 28.6 Å². The van der Waals surface area contributed by atoms with Gasteiger partial charge in [-0.15, -0.1) is 6.42 Å². The molecule has 0 aromatic heterocycles. The Hall–Kier alpha value is -5.17. The fourth-order valence-corrected chi connectivity index (χ4v) is 4.36. The van der Waals surface area contributed by atoms with Gasteiger partial charge in [0.1, 0.15) is 17.4 Å². The predicted molar refractivity (Wildman–Crippen MR) is 148 cm³/mol. The lowest BCUT2D eigenvalue weighted by atomic mass is 9.96. The molecule has 204 valence electrons. The van der Waals surface area contributed by atoms with Crippen LogP contribution in [0.25, 0.3) is 0 Å². The van der Waals surface area contributed by atoms with Crippen molar-refractivity contribution in [2.24, 2.45) is 5.92 Å². The number of carbonyl (C=O) groups excluding carboxylic acids is 2. The number of carboxylic acids is 1. The molecule has 9 nitrogen and oxygen atoms in total. The highest BCUT2D eigenvalue weighted by Crippen LogP contribution is 2.25. The molecule has 0 atom stereocenters. The standard InChI is InChI=1S/C30H27FN4O5/c1-3-18-4-7-21(8-5-18)33-29(37)24-17-22(40-2)9-11-26(24)34-28(36)23-10-6-20(16-25(23)31)27(32)35-14-12-19(13-15-35)30(38)39/h1,4-11,16-17,19,32H,12-15H2,2H3,(H,33,37)(H,34,36)(H,38,39). The molecular weight excluding hydrogens is 515 g/mol. The maximum atomic E-state index is 15.1. The fraction of sp³-hybridized carbons (Fsp3) is 0.200. The van der Waals surface area contributed by atoms with Gasteiger partial charge in [-0.05, 0) is 67.4 Å². The third kappa shape index (κ3) is 6.27. The monoisotopic (exact) mass is 542 g/mol. The van der Waals surface area contributed by atoms with Gasteiger partial charge in [-0.25, -0.2) is 4.39 Å². The van der Waals surface area contributed by atoms with E-state index in [1.54, 1.807) is 35.2 Å². The van der Waals surface area contributed by atoms with Crippen LogP contribution in [0, 0.1) is 29.5 Å². The number of nitrogens with zero attached hydrogens (tertiary/aromatic N) is 1. The van der Waals surface area contributed by atoms with E-state index in [1.165, 1.54) is 31.4 Å². The summed E-state index contributed by atoms with van der Waals surface area (Å²) in [7, 11) is 1.44. The number of piperidine rings is 1. The second-order valence-corrected chi connectivity index (χ2v) is 9.18. The largest absolute Gasteiger partial charge is 0.497 e. The van der Waals surface area contributed by atoms with E-state index in [9.17, 15) is 14.4 Å². The Morgan fingerprint density at radius 3 is 2.27 bits per heavy atom. The Kier molecular flexibility index (Phi) is 8.45. The topological polar surface area (TPSA) is 132 Å². The van der Waals surface area contributed by atoms with Gasteiger partial charge in [0.25, 0.3) is 11.8 Å². The van der Waals surface area contributed by atoms with Crippen LogP contribution >= 0.6 is 0 Å². The summed E-state index contributed by atoms with van der Waals surface area (Å²) in [6.07, 6.45) is 6.17. The van der Waals surface area contributed by atoms with Crippen molar-refractivity contribution in [3.8, 4) is 18.1 Å². The zero-order valence-electron chi connectivity index (χ0n) is 21.7. The van der Waals surface area contributed by atoms with Gasteiger partial charge in [-0.3, -0.25) is 19.8 Å². The number of ether oxygens (including phenoxy) is 1. The number of methoxy groups -OCH3 is 1. The molecule has 40 heavy (non-hydrogen) atoms. The second kappa shape index (κ2) is 12.1. The maximum Gasteiger partial charge on any atom is 0.306 e. The van der Waals surface area contributed by atoms with Crippen molar-refractivity contribution in [2.45, 2.75) is 12.8 Å². The molecule has 1 saturated heterocycles. The highest BCUT2D eigenvalue weighted by Gasteiger charge is 2.27. The molecule has 3 aromatic carbocycles. The highest BCUT2D eigenvalue weighted by molar-refractivity contribution is 6.13.